The maximum absolute atomic E-state index is 12.7. The molecule has 2 aliphatic rings. The van der Waals surface area contributed by atoms with Gasteiger partial charge in [0.05, 0.1) is 12.7 Å². The number of ether oxygens (including phenoxy) is 1. The van der Waals surface area contributed by atoms with Gasteiger partial charge >= 0.3 is 0 Å². The molecule has 2 aliphatic heterocycles. The second kappa shape index (κ2) is 6.32. The minimum Gasteiger partial charge on any atom is -0.374 e. The van der Waals surface area contributed by atoms with Crippen molar-refractivity contribution in [1.82, 2.24) is 15.1 Å². The Balaban J connectivity index is 2.07. The first kappa shape index (κ1) is 16.2. The van der Waals surface area contributed by atoms with Crippen molar-refractivity contribution in [2.75, 3.05) is 39.8 Å². The summed E-state index contributed by atoms with van der Waals surface area (Å²) < 4.78 is 5.75. The van der Waals surface area contributed by atoms with Gasteiger partial charge in [-0.05, 0) is 12.5 Å². The van der Waals surface area contributed by atoms with Crippen LogP contribution in [0, 0.1) is 5.41 Å². The van der Waals surface area contributed by atoms with E-state index in [0.717, 1.165) is 13.1 Å². The Morgan fingerprint density at radius 1 is 1.29 bits per heavy atom. The molecule has 2 saturated heterocycles. The van der Waals surface area contributed by atoms with Gasteiger partial charge in [-0.25, -0.2) is 0 Å². The Bertz CT molecular complexity index is 405. The molecule has 2 heterocycles. The third-order valence-corrected chi connectivity index (χ3v) is 4.10. The van der Waals surface area contributed by atoms with Gasteiger partial charge in [0.15, 0.2) is 0 Å². The topological polar surface area (TPSA) is 61.9 Å². The van der Waals surface area contributed by atoms with Crippen molar-refractivity contribution in [1.29, 1.82) is 0 Å². The van der Waals surface area contributed by atoms with Gasteiger partial charge < -0.3 is 19.9 Å². The first-order valence-electron chi connectivity index (χ1n) is 7.65. The highest BCUT2D eigenvalue weighted by atomic mass is 16.5. The fraction of sp³-hybridized carbons (Fsp3) is 0.867. The Hall–Kier alpha value is -1.14. The Morgan fingerprint density at radius 3 is 2.62 bits per heavy atom. The maximum atomic E-state index is 12.7. The van der Waals surface area contributed by atoms with E-state index in [1.807, 2.05) is 20.8 Å². The average molecular weight is 297 g/mol. The molecule has 0 saturated carbocycles. The lowest BCUT2D eigenvalue weighted by atomic mass is 9.86. The van der Waals surface area contributed by atoms with E-state index in [0.29, 0.717) is 26.1 Å². The summed E-state index contributed by atoms with van der Waals surface area (Å²) >= 11 is 0. The molecule has 0 aromatic rings. The highest BCUT2D eigenvalue weighted by Crippen LogP contribution is 2.23. The second-order valence-electron chi connectivity index (χ2n) is 7.16. The standard InChI is InChI=1S/C15H27N3O3/c1-15(2,3)13-14(20)18(6-5-12(19)16-13)10-11-9-17(4)7-8-21-11/h11,13H,5-10H2,1-4H3,(H,16,19). The predicted octanol–water partition coefficient (Wildman–Crippen LogP) is 0.0802. The number of nitrogens with zero attached hydrogens (tertiary/aromatic N) is 2. The minimum atomic E-state index is -0.464. The van der Waals surface area contributed by atoms with Crippen LogP contribution >= 0.6 is 0 Å². The molecule has 120 valence electrons. The van der Waals surface area contributed by atoms with Gasteiger partial charge in [0.2, 0.25) is 11.8 Å². The molecule has 0 spiro atoms. The number of carbonyl (C=O) groups excluding carboxylic acids is 2. The van der Waals surface area contributed by atoms with E-state index in [1.165, 1.54) is 0 Å². The monoisotopic (exact) mass is 297 g/mol. The van der Waals surface area contributed by atoms with Gasteiger partial charge in [0.25, 0.3) is 0 Å². The molecule has 2 atom stereocenters. The normalized spacial score (nSPS) is 29.2. The van der Waals surface area contributed by atoms with Crippen LogP contribution in [0.5, 0.6) is 0 Å². The van der Waals surface area contributed by atoms with Gasteiger partial charge in [0.1, 0.15) is 6.04 Å². The number of likely N-dealkylation sites (N-methyl/N-ethyl adjacent to an activating group) is 1. The first-order chi connectivity index (χ1) is 9.77. The van der Waals surface area contributed by atoms with Crippen molar-refractivity contribution in [3.8, 4) is 0 Å². The zero-order chi connectivity index (χ0) is 15.6. The maximum Gasteiger partial charge on any atom is 0.245 e. The van der Waals surface area contributed by atoms with Crippen LogP contribution in [0.4, 0.5) is 0 Å². The van der Waals surface area contributed by atoms with Crippen molar-refractivity contribution < 1.29 is 14.3 Å². The smallest absolute Gasteiger partial charge is 0.245 e. The summed E-state index contributed by atoms with van der Waals surface area (Å²) in [5.74, 6) is -0.0439. The minimum absolute atomic E-state index is 0.00479. The molecule has 2 fully saturated rings. The van der Waals surface area contributed by atoms with Gasteiger partial charge in [-0.15, -0.1) is 0 Å². The van der Waals surface area contributed by atoms with Gasteiger partial charge in [-0.1, -0.05) is 20.8 Å². The molecule has 2 amide bonds. The van der Waals surface area contributed by atoms with Gasteiger partial charge in [0, 0.05) is 32.6 Å². The van der Waals surface area contributed by atoms with Crippen molar-refractivity contribution in [2.45, 2.75) is 39.3 Å². The van der Waals surface area contributed by atoms with Crippen molar-refractivity contribution >= 4 is 11.8 Å². The molecule has 0 radical (unpaired) electrons. The van der Waals surface area contributed by atoms with E-state index in [2.05, 4.69) is 17.3 Å². The molecular formula is C15H27N3O3. The number of amides is 2. The molecule has 21 heavy (non-hydrogen) atoms. The SMILES string of the molecule is CN1CCOC(CN2CCC(=O)NC(C(C)(C)C)C2=O)C1. The number of hydrogen-bond donors (Lipinski definition) is 1. The van der Waals surface area contributed by atoms with Crippen molar-refractivity contribution in [2.24, 2.45) is 5.41 Å². The van der Waals surface area contributed by atoms with Crippen LogP contribution in [0.25, 0.3) is 0 Å². The quantitative estimate of drug-likeness (QED) is 0.784. The number of carbonyl (C=O) groups is 2. The average Bonchev–Trinajstić information content (AvgIpc) is 2.51. The Labute approximate surface area is 126 Å². The highest BCUT2D eigenvalue weighted by molar-refractivity contribution is 5.90. The molecule has 6 heteroatoms. The number of nitrogens with one attached hydrogen (secondary N) is 1. The second-order valence-corrected chi connectivity index (χ2v) is 7.16. The molecule has 0 aliphatic carbocycles. The van der Waals surface area contributed by atoms with Crippen LogP contribution in [-0.2, 0) is 14.3 Å². The molecule has 0 aromatic heterocycles. The number of hydrogen-bond acceptors (Lipinski definition) is 4. The lowest BCUT2D eigenvalue weighted by Crippen LogP contribution is -2.54. The fourth-order valence-electron chi connectivity index (χ4n) is 2.82. The number of rotatable bonds is 2. The zero-order valence-corrected chi connectivity index (χ0v) is 13.5. The molecule has 6 nitrogen and oxygen atoms in total. The van der Waals surface area contributed by atoms with Crippen LogP contribution in [0.3, 0.4) is 0 Å². The largest absolute Gasteiger partial charge is 0.374 e. The molecule has 2 rings (SSSR count). The van der Waals surface area contributed by atoms with Crippen LogP contribution in [0.15, 0.2) is 0 Å². The molecular weight excluding hydrogens is 270 g/mol. The van der Waals surface area contributed by atoms with E-state index in [1.54, 1.807) is 4.90 Å². The van der Waals surface area contributed by atoms with E-state index in [4.69, 9.17) is 4.74 Å². The van der Waals surface area contributed by atoms with Gasteiger partial charge in [-0.2, -0.15) is 0 Å². The van der Waals surface area contributed by atoms with Crippen LogP contribution in [0.1, 0.15) is 27.2 Å². The first-order valence-corrected chi connectivity index (χ1v) is 7.65. The van der Waals surface area contributed by atoms with E-state index < -0.39 is 6.04 Å². The number of morpholine rings is 1. The van der Waals surface area contributed by atoms with Gasteiger partial charge in [-0.3, -0.25) is 9.59 Å². The van der Waals surface area contributed by atoms with E-state index in [-0.39, 0.29) is 23.3 Å². The van der Waals surface area contributed by atoms with Crippen molar-refractivity contribution in [3.05, 3.63) is 0 Å². The molecule has 1 N–H and O–H groups in total. The highest BCUT2D eigenvalue weighted by Gasteiger charge is 2.38. The summed E-state index contributed by atoms with van der Waals surface area (Å²) in [4.78, 5) is 28.6. The Kier molecular flexibility index (Phi) is 4.88. The third-order valence-electron chi connectivity index (χ3n) is 4.10. The van der Waals surface area contributed by atoms with Crippen molar-refractivity contribution in [3.63, 3.8) is 0 Å². The summed E-state index contributed by atoms with van der Waals surface area (Å²) in [6.07, 6.45) is 0.391. The summed E-state index contributed by atoms with van der Waals surface area (Å²) in [6, 6.07) is -0.464. The fourth-order valence-corrected chi connectivity index (χ4v) is 2.82. The summed E-state index contributed by atoms with van der Waals surface area (Å²) in [7, 11) is 2.06. The Morgan fingerprint density at radius 2 is 2.00 bits per heavy atom. The van der Waals surface area contributed by atoms with Crippen LogP contribution in [-0.4, -0.2) is 73.6 Å². The molecule has 0 bridgehead atoms. The predicted molar refractivity (Wildman–Crippen MR) is 79.8 cm³/mol. The lowest BCUT2D eigenvalue weighted by Gasteiger charge is -2.36. The third kappa shape index (κ3) is 4.17. The zero-order valence-electron chi connectivity index (χ0n) is 13.5. The van der Waals surface area contributed by atoms with E-state index in [9.17, 15) is 9.59 Å². The molecule has 0 aromatic carbocycles. The molecule has 2 unspecified atom stereocenters. The summed E-state index contributed by atoms with van der Waals surface area (Å²) in [5.41, 5.74) is -0.292. The lowest BCUT2D eigenvalue weighted by molar-refractivity contribution is -0.139. The summed E-state index contributed by atoms with van der Waals surface area (Å²) in [5, 5.41) is 2.86. The summed E-state index contributed by atoms with van der Waals surface area (Å²) in [6.45, 7) is 9.41. The van der Waals surface area contributed by atoms with E-state index >= 15 is 0 Å². The van der Waals surface area contributed by atoms with Crippen LogP contribution in [0.2, 0.25) is 0 Å². The van der Waals surface area contributed by atoms with Crippen LogP contribution < -0.4 is 5.32 Å².